The van der Waals surface area contributed by atoms with Crippen LogP contribution in [0.1, 0.15) is 5.56 Å². The van der Waals surface area contributed by atoms with Crippen molar-refractivity contribution >= 4 is 28.8 Å². The number of nitrogens with zero attached hydrogens (tertiary/aromatic N) is 4. The Bertz CT molecular complexity index is 1040. The first kappa shape index (κ1) is 17.5. The van der Waals surface area contributed by atoms with Crippen molar-refractivity contribution in [3.8, 4) is 11.5 Å². The Morgan fingerprint density at radius 2 is 1.75 bits per heavy atom. The molecule has 0 radical (unpaired) electrons. The van der Waals surface area contributed by atoms with E-state index in [0.29, 0.717) is 36.2 Å². The average Bonchev–Trinajstić information content (AvgIpc) is 2.68. The summed E-state index contributed by atoms with van der Waals surface area (Å²) >= 11 is 0. The minimum Gasteiger partial charge on any atom is -0.486 e. The van der Waals surface area contributed by atoms with Gasteiger partial charge >= 0.3 is 5.69 Å². The van der Waals surface area contributed by atoms with Gasteiger partial charge in [-0.1, -0.05) is 0 Å². The second-order valence-corrected chi connectivity index (χ2v) is 6.00. The smallest absolute Gasteiger partial charge is 0.353 e. The maximum absolute atomic E-state index is 11.7. The number of nitrogens with one attached hydrogen (secondary N) is 2. The summed E-state index contributed by atoms with van der Waals surface area (Å²) in [4.78, 5) is 23.4. The lowest BCUT2D eigenvalue weighted by Gasteiger charge is -2.19. The second kappa shape index (κ2) is 7.35. The fourth-order valence-corrected chi connectivity index (χ4v) is 2.72. The van der Waals surface area contributed by atoms with Gasteiger partial charge in [0.2, 0.25) is 11.6 Å². The zero-order valence-electron chi connectivity index (χ0n) is 14.9. The summed E-state index contributed by atoms with van der Waals surface area (Å²) in [5, 5.41) is 17.5. The lowest BCUT2D eigenvalue weighted by atomic mass is 10.2. The number of nitro groups is 1. The molecule has 2 N–H and O–H groups in total. The van der Waals surface area contributed by atoms with Gasteiger partial charge in [-0.25, -0.2) is 15.0 Å². The van der Waals surface area contributed by atoms with Gasteiger partial charge in [-0.2, -0.15) is 0 Å². The molecule has 1 aliphatic heterocycles. The van der Waals surface area contributed by atoms with E-state index in [2.05, 4.69) is 25.6 Å². The van der Waals surface area contributed by atoms with Crippen LogP contribution in [0.15, 0.2) is 42.9 Å². The highest BCUT2D eigenvalue weighted by molar-refractivity contribution is 5.76. The number of anilines is 4. The van der Waals surface area contributed by atoms with Crippen LogP contribution in [0.3, 0.4) is 0 Å². The van der Waals surface area contributed by atoms with Crippen molar-refractivity contribution in [2.24, 2.45) is 0 Å². The Kier molecular flexibility index (Phi) is 4.58. The van der Waals surface area contributed by atoms with E-state index in [1.54, 1.807) is 30.5 Å². The molecule has 2 aromatic heterocycles. The lowest BCUT2D eigenvalue weighted by Crippen LogP contribution is -2.15. The summed E-state index contributed by atoms with van der Waals surface area (Å²) in [6.45, 7) is 2.83. The molecule has 4 rings (SSSR count). The van der Waals surface area contributed by atoms with Gasteiger partial charge in [0.15, 0.2) is 11.5 Å². The Labute approximate surface area is 159 Å². The zero-order chi connectivity index (χ0) is 19.5. The van der Waals surface area contributed by atoms with Crippen LogP contribution in [0.5, 0.6) is 11.5 Å². The molecule has 0 saturated carbocycles. The molecule has 0 unspecified atom stereocenters. The average molecular weight is 380 g/mol. The molecule has 0 atom stereocenters. The largest absolute Gasteiger partial charge is 0.486 e. The van der Waals surface area contributed by atoms with Crippen LogP contribution in [0.2, 0.25) is 0 Å². The van der Waals surface area contributed by atoms with Crippen molar-refractivity contribution in [1.29, 1.82) is 0 Å². The van der Waals surface area contributed by atoms with Crippen LogP contribution < -0.4 is 20.1 Å². The number of fused-ring (bicyclic) bond motifs is 1. The highest BCUT2D eigenvalue weighted by Crippen LogP contribution is 2.36. The van der Waals surface area contributed by atoms with Crippen molar-refractivity contribution in [2.75, 3.05) is 23.8 Å². The van der Waals surface area contributed by atoms with Gasteiger partial charge in [0, 0.05) is 18.0 Å². The minimum atomic E-state index is -0.543. The fraction of sp³-hybridized carbons (Fsp3) is 0.167. The van der Waals surface area contributed by atoms with Gasteiger partial charge in [-0.05, 0) is 36.8 Å². The topological polar surface area (TPSA) is 124 Å². The van der Waals surface area contributed by atoms with Gasteiger partial charge < -0.3 is 20.1 Å². The molecule has 0 fully saturated rings. The van der Waals surface area contributed by atoms with Crippen LogP contribution in [-0.2, 0) is 0 Å². The molecule has 0 amide bonds. The lowest BCUT2D eigenvalue weighted by molar-refractivity contribution is -0.383. The first-order chi connectivity index (χ1) is 13.6. The van der Waals surface area contributed by atoms with E-state index in [1.165, 1.54) is 6.33 Å². The van der Waals surface area contributed by atoms with E-state index in [1.807, 2.05) is 13.0 Å². The van der Waals surface area contributed by atoms with Gasteiger partial charge in [0.1, 0.15) is 25.4 Å². The third-order valence-corrected chi connectivity index (χ3v) is 3.97. The van der Waals surface area contributed by atoms with Gasteiger partial charge in [0.25, 0.3) is 0 Å². The number of benzene rings is 1. The van der Waals surface area contributed by atoms with E-state index < -0.39 is 4.92 Å². The maximum atomic E-state index is 11.7. The van der Waals surface area contributed by atoms with Gasteiger partial charge in [-0.3, -0.25) is 10.1 Å². The van der Waals surface area contributed by atoms with Crippen LogP contribution in [0, 0.1) is 17.0 Å². The SMILES string of the molecule is Cc1ccnc(Nc2ncnc(Nc3ccc4c(c3)OCCO4)c2[N+](=O)[O-])c1. The molecular weight excluding hydrogens is 364 g/mol. The highest BCUT2D eigenvalue weighted by Gasteiger charge is 2.24. The van der Waals surface area contributed by atoms with E-state index in [9.17, 15) is 10.1 Å². The molecule has 10 heteroatoms. The summed E-state index contributed by atoms with van der Waals surface area (Å²) < 4.78 is 11.0. The van der Waals surface area contributed by atoms with Crippen molar-refractivity contribution in [3.63, 3.8) is 0 Å². The Balaban J connectivity index is 1.66. The number of ether oxygens (including phenoxy) is 2. The van der Waals surface area contributed by atoms with Crippen molar-refractivity contribution in [1.82, 2.24) is 15.0 Å². The molecule has 0 aliphatic carbocycles. The first-order valence-electron chi connectivity index (χ1n) is 8.46. The Hall–Kier alpha value is -3.95. The van der Waals surface area contributed by atoms with E-state index in [0.717, 1.165) is 5.56 Å². The number of aryl methyl sites for hydroxylation is 1. The normalized spacial score (nSPS) is 12.3. The number of hydrogen-bond acceptors (Lipinski definition) is 9. The Morgan fingerprint density at radius 3 is 2.50 bits per heavy atom. The van der Waals surface area contributed by atoms with Crippen LogP contribution >= 0.6 is 0 Å². The third-order valence-electron chi connectivity index (χ3n) is 3.97. The number of pyridine rings is 1. The molecule has 0 bridgehead atoms. The van der Waals surface area contributed by atoms with Crippen LogP contribution in [0.25, 0.3) is 0 Å². The van der Waals surface area contributed by atoms with E-state index >= 15 is 0 Å². The molecule has 1 aliphatic rings. The van der Waals surface area contributed by atoms with Crippen LogP contribution in [-0.4, -0.2) is 33.1 Å². The summed E-state index contributed by atoms with van der Waals surface area (Å²) in [6.07, 6.45) is 2.85. The van der Waals surface area contributed by atoms with Crippen molar-refractivity contribution in [2.45, 2.75) is 6.92 Å². The summed E-state index contributed by atoms with van der Waals surface area (Å²) in [5.41, 5.74) is 1.25. The maximum Gasteiger partial charge on any atom is 0.353 e. The van der Waals surface area contributed by atoms with Crippen LogP contribution in [0.4, 0.5) is 28.8 Å². The summed E-state index contributed by atoms with van der Waals surface area (Å²) in [6, 6.07) is 8.76. The monoisotopic (exact) mass is 380 g/mol. The predicted molar refractivity (Wildman–Crippen MR) is 102 cm³/mol. The molecule has 28 heavy (non-hydrogen) atoms. The molecule has 1 aromatic carbocycles. The standard InChI is InChI=1S/C18H16N6O4/c1-11-4-5-19-15(8-11)23-18-16(24(25)26)17(20-10-21-18)22-12-2-3-13-14(9-12)28-7-6-27-13/h2-5,8-10H,6-7H2,1H3,(H2,19,20,21,22,23). The second-order valence-electron chi connectivity index (χ2n) is 6.00. The van der Waals surface area contributed by atoms with E-state index in [-0.39, 0.29) is 17.3 Å². The summed E-state index contributed by atoms with van der Waals surface area (Å²) in [5.74, 6) is 1.73. The molecule has 0 spiro atoms. The quantitative estimate of drug-likeness (QED) is 0.506. The van der Waals surface area contributed by atoms with E-state index in [4.69, 9.17) is 9.47 Å². The molecule has 3 aromatic rings. The molecular formula is C18H16N6O4. The van der Waals surface area contributed by atoms with Crippen molar-refractivity contribution < 1.29 is 14.4 Å². The molecule has 10 nitrogen and oxygen atoms in total. The number of rotatable bonds is 5. The molecule has 142 valence electrons. The number of hydrogen-bond donors (Lipinski definition) is 2. The minimum absolute atomic E-state index is 0.0399. The first-order valence-corrected chi connectivity index (χ1v) is 8.46. The van der Waals surface area contributed by atoms with Crippen molar-refractivity contribution in [3.05, 3.63) is 58.5 Å². The molecule has 3 heterocycles. The highest BCUT2D eigenvalue weighted by atomic mass is 16.6. The Morgan fingerprint density at radius 1 is 1.00 bits per heavy atom. The third kappa shape index (κ3) is 3.61. The van der Waals surface area contributed by atoms with Gasteiger partial charge in [0.05, 0.1) is 4.92 Å². The van der Waals surface area contributed by atoms with Gasteiger partial charge in [-0.15, -0.1) is 0 Å². The zero-order valence-corrected chi connectivity index (χ0v) is 14.9. The number of aromatic nitrogens is 3. The molecule has 0 saturated heterocycles. The summed E-state index contributed by atoms with van der Waals surface area (Å²) in [7, 11) is 0. The predicted octanol–water partition coefficient (Wildman–Crippen LogP) is 3.35. The fourth-order valence-electron chi connectivity index (χ4n) is 2.72.